The lowest BCUT2D eigenvalue weighted by Crippen LogP contribution is -2.36. The fourth-order valence-electron chi connectivity index (χ4n) is 2.10. The Bertz CT molecular complexity index is 782. The quantitative estimate of drug-likeness (QED) is 0.365. The average Bonchev–Trinajstić information content (AvgIpc) is 3.08. The number of nitrogens with zero attached hydrogens (tertiary/aromatic N) is 3. The van der Waals surface area contributed by atoms with E-state index in [0.717, 1.165) is 10.7 Å². The van der Waals surface area contributed by atoms with E-state index in [1.54, 1.807) is 11.3 Å². The molecule has 26 heavy (non-hydrogen) atoms. The third-order valence-corrected chi connectivity index (χ3v) is 4.36. The minimum Gasteiger partial charge on any atom is -0.357 e. The summed E-state index contributed by atoms with van der Waals surface area (Å²) in [5.41, 5.74) is 1.90. The molecule has 2 N–H and O–H groups in total. The third-order valence-electron chi connectivity index (χ3n) is 3.49. The van der Waals surface area contributed by atoms with Gasteiger partial charge in [-0.3, -0.25) is 0 Å². The van der Waals surface area contributed by atoms with Crippen LogP contribution in [0.25, 0.3) is 0 Å². The molecular formula is C18H23FIN5S. The van der Waals surface area contributed by atoms with Gasteiger partial charge < -0.3 is 10.6 Å². The summed E-state index contributed by atoms with van der Waals surface area (Å²) in [6, 6.07) is 6.30. The lowest BCUT2D eigenvalue weighted by atomic mass is 10.1. The lowest BCUT2D eigenvalue weighted by molar-refractivity contribution is 0.610. The zero-order chi connectivity index (χ0) is 18.2. The normalized spacial score (nSPS) is 11.0. The Morgan fingerprint density at radius 2 is 2.15 bits per heavy atom. The van der Waals surface area contributed by atoms with Crippen molar-refractivity contribution in [2.45, 2.75) is 39.8 Å². The molecule has 5 nitrogen and oxygen atoms in total. The van der Waals surface area contributed by atoms with Crippen molar-refractivity contribution in [3.05, 3.63) is 51.2 Å². The van der Waals surface area contributed by atoms with Crippen LogP contribution in [0, 0.1) is 17.1 Å². The summed E-state index contributed by atoms with van der Waals surface area (Å²) >= 11 is 1.61. The van der Waals surface area contributed by atoms with Gasteiger partial charge in [0, 0.05) is 17.5 Å². The van der Waals surface area contributed by atoms with Crippen LogP contribution < -0.4 is 10.6 Å². The van der Waals surface area contributed by atoms with E-state index in [-0.39, 0.29) is 36.3 Å². The topological polar surface area (TPSA) is 73.1 Å². The van der Waals surface area contributed by atoms with Crippen LogP contribution in [0.15, 0.2) is 28.6 Å². The predicted octanol–water partition coefficient (Wildman–Crippen LogP) is 4.15. The van der Waals surface area contributed by atoms with E-state index in [2.05, 4.69) is 39.8 Å². The molecule has 1 aromatic carbocycles. The molecule has 0 atom stereocenters. The van der Waals surface area contributed by atoms with Gasteiger partial charge in [0.2, 0.25) is 0 Å². The molecule has 0 unspecified atom stereocenters. The molecule has 2 aromatic rings. The number of rotatable bonds is 6. The van der Waals surface area contributed by atoms with Crippen molar-refractivity contribution < 1.29 is 4.39 Å². The van der Waals surface area contributed by atoms with E-state index >= 15 is 0 Å². The van der Waals surface area contributed by atoms with Crippen LogP contribution >= 0.6 is 35.3 Å². The van der Waals surface area contributed by atoms with Gasteiger partial charge >= 0.3 is 0 Å². The highest BCUT2D eigenvalue weighted by Gasteiger charge is 2.07. The first-order chi connectivity index (χ1) is 12.0. The first-order valence-corrected chi connectivity index (χ1v) is 9.06. The summed E-state index contributed by atoms with van der Waals surface area (Å²) < 4.78 is 13.8. The minimum atomic E-state index is -0.361. The molecule has 8 heteroatoms. The van der Waals surface area contributed by atoms with Crippen LogP contribution in [-0.4, -0.2) is 17.5 Å². The highest BCUT2D eigenvalue weighted by Crippen LogP contribution is 2.17. The fourth-order valence-corrected chi connectivity index (χ4v) is 3.00. The molecule has 0 aliphatic rings. The monoisotopic (exact) mass is 487 g/mol. The van der Waals surface area contributed by atoms with E-state index in [4.69, 9.17) is 5.26 Å². The number of nitriles is 1. The second kappa shape index (κ2) is 11.1. The molecule has 140 valence electrons. The number of aromatic nitrogens is 1. The highest BCUT2D eigenvalue weighted by atomic mass is 127. The van der Waals surface area contributed by atoms with Crippen LogP contribution in [-0.2, 0) is 13.1 Å². The van der Waals surface area contributed by atoms with Crippen LogP contribution in [0.5, 0.6) is 0 Å². The second-order valence-electron chi connectivity index (χ2n) is 5.79. The van der Waals surface area contributed by atoms with Crippen molar-refractivity contribution in [2.75, 3.05) is 6.54 Å². The van der Waals surface area contributed by atoms with Crippen LogP contribution in [0.3, 0.4) is 0 Å². The summed E-state index contributed by atoms with van der Waals surface area (Å²) in [5.74, 6) is 0.632. The van der Waals surface area contributed by atoms with Gasteiger partial charge in [-0.2, -0.15) is 5.26 Å². The SMILES string of the molecule is CCNC(=NCc1cc(C#N)ccc1F)NCc1nc(C(C)C)cs1.I. The Labute approximate surface area is 174 Å². The Morgan fingerprint density at radius 1 is 1.38 bits per heavy atom. The maximum Gasteiger partial charge on any atom is 0.191 e. The molecule has 0 aliphatic heterocycles. The zero-order valence-electron chi connectivity index (χ0n) is 15.0. The van der Waals surface area contributed by atoms with E-state index in [9.17, 15) is 4.39 Å². The van der Waals surface area contributed by atoms with Crippen LogP contribution in [0.4, 0.5) is 4.39 Å². The third kappa shape index (κ3) is 6.53. The molecule has 0 spiro atoms. The van der Waals surface area contributed by atoms with Crippen molar-refractivity contribution in [3.63, 3.8) is 0 Å². The number of guanidine groups is 1. The standard InChI is InChI=1S/C18H22FN5S.HI/c1-4-21-18(23-10-17-24-16(11-25-17)12(2)3)22-9-14-7-13(8-20)5-6-15(14)19;/h5-7,11-12H,4,9-10H2,1-3H3,(H2,21,22,23);1H. The first kappa shape index (κ1) is 22.3. The molecule has 0 saturated carbocycles. The van der Waals surface area contributed by atoms with Crippen molar-refractivity contribution in [1.82, 2.24) is 15.6 Å². The maximum atomic E-state index is 13.8. The highest BCUT2D eigenvalue weighted by molar-refractivity contribution is 14.0. The van der Waals surface area contributed by atoms with Crippen molar-refractivity contribution in [3.8, 4) is 6.07 Å². The number of thiazole rings is 1. The van der Waals surface area contributed by atoms with Crippen LogP contribution in [0.1, 0.15) is 48.5 Å². The van der Waals surface area contributed by atoms with Crippen molar-refractivity contribution in [2.24, 2.45) is 4.99 Å². The maximum absolute atomic E-state index is 13.8. The largest absolute Gasteiger partial charge is 0.357 e. The number of nitrogens with one attached hydrogen (secondary N) is 2. The first-order valence-electron chi connectivity index (χ1n) is 8.18. The van der Waals surface area contributed by atoms with E-state index in [0.29, 0.717) is 36.1 Å². The van der Waals surface area contributed by atoms with Gasteiger partial charge in [0.25, 0.3) is 0 Å². The number of halogens is 2. The van der Waals surface area contributed by atoms with Gasteiger partial charge in [-0.15, -0.1) is 35.3 Å². The molecule has 0 amide bonds. The van der Waals surface area contributed by atoms with Gasteiger partial charge in [-0.25, -0.2) is 14.4 Å². The number of benzene rings is 1. The van der Waals surface area contributed by atoms with Gasteiger partial charge in [-0.1, -0.05) is 13.8 Å². The Balaban J connectivity index is 0.00000338. The van der Waals surface area contributed by atoms with Crippen molar-refractivity contribution >= 4 is 41.3 Å². The number of aliphatic imine (C=N–C) groups is 1. The van der Waals surface area contributed by atoms with Gasteiger partial charge in [-0.05, 0) is 31.0 Å². The lowest BCUT2D eigenvalue weighted by Gasteiger charge is -2.10. The van der Waals surface area contributed by atoms with Crippen LogP contribution in [0.2, 0.25) is 0 Å². The molecule has 2 rings (SSSR count). The molecule has 0 aliphatic carbocycles. The predicted molar refractivity (Wildman–Crippen MR) is 114 cm³/mol. The molecule has 0 radical (unpaired) electrons. The average molecular weight is 487 g/mol. The summed E-state index contributed by atoms with van der Waals surface area (Å²) in [5, 5.41) is 18.3. The molecule has 0 saturated heterocycles. The molecular weight excluding hydrogens is 464 g/mol. The summed E-state index contributed by atoms with van der Waals surface area (Å²) in [6.45, 7) is 7.61. The minimum absolute atomic E-state index is 0. The summed E-state index contributed by atoms with van der Waals surface area (Å²) in [6.07, 6.45) is 0. The number of hydrogen-bond donors (Lipinski definition) is 2. The van der Waals surface area contributed by atoms with E-state index in [1.165, 1.54) is 18.2 Å². The molecule has 1 aromatic heterocycles. The molecule has 0 fully saturated rings. The van der Waals surface area contributed by atoms with E-state index < -0.39 is 0 Å². The van der Waals surface area contributed by atoms with E-state index in [1.807, 2.05) is 13.0 Å². The summed E-state index contributed by atoms with van der Waals surface area (Å²) in [4.78, 5) is 8.97. The Kier molecular flexibility index (Phi) is 9.51. The second-order valence-corrected chi connectivity index (χ2v) is 6.73. The fraction of sp³-hybridized carbons (Fsp3) is 0.389. The molecule has 0 bridgehead atoms. The van der Waals surface area contributed by atoms with Gasteiger partial charge in [0.1, 0.15) is 10.8 Å². The van der Waals surface area contributed by atoms with Gasteiger partial charge in [0.15, 0.2) is 5.96 Å². The molecule has 1 heterocycles. The Hall–Kier alpha value is -1.73. The zero-order valence-corrected chi connectivity index (χ0v) is 18.2. The summed E-state index contributed by atoms with van der Waals surface area (Å²) in [7, 11) is 0. The smallest absolute Gasteiger partial charge is 0.191 e. The Morgan fingerprint density at radius 3 is 2.77 bits per heavy atom. The van der Waals surface area contributed by atoms with Crippen molar-refractivity contribution in [1.29, 1.82) is 5.26 Å². The number of hydrogen-bond acceptors (Lipinski definition) is 4. The van der Waals surface area contributed by atoms with Gasteiger partial charge in [0.05, 0.1) is 30.4 Å².